The lowest BCUT2D eigenvalue weighted by Crippen LogP contribution is -1.99. The number of halogens is 4. The highest BCUT2D eigenvalue weighted by Gasteiger charge is 2.14. The van der Waals surface area contributed by atoms with Crippen molar-refractivity contribution in [3.05, 3.63) is 27.1 Å². The number of hydrogen-bond donors (Lipinski definition) is 0. The summed E-state index contributed by atoms with van der Waals surface area (Å²) in [6.07, 6.45) is -1.62. The van der Waals surface area contributed by atoms with Crippen molar-refractivity contribution >= 4 is 39.4 Å². The second-order valence-corrected chi connectivity index (χ2v) is 3.55. The quantitative estimate of drug-likeness (QED) is 0.477. The number of nitrogens with zero attached hydrogens (tertiary/aromatic N) is 1. The van der Waals surface area contributed by atoms with Crippen molar-refractivity contribution in [3.63, 3.8) is 0 Å². The molecule has 0 N–H and O–H groups in total. The number of rotatable bonds is 2. The van der Waals surface area contributed by atoms with E-state index in [1.54, 1.807) is 22.6 Å². The number of carbonyl (C=O) groups excluding carboxylic acids is 1. The van der Waals surface area contributed by atoms with Crippen LogP contribution < -0.4 is 0 Å². The molecule has 70 valence electrons. The van der Waals surface area contributed by atoms with Crippen LogP contribution in [0.1, 0.15) is 22.3 Å². The molecule has 1 rings (SSSR count). The fourth-order valence-electron chi connectivity index (χ4n) is 0.721. The molecule has 2 nitrogen and oxygen atoms in total. The second-order valence-electron chi connectivity index (χ2n) is 2.18. The van der Waals surface area contributed by atoms with Gasteiger partial charge >= 0.3 is 0 Å². The minimum Gasteiger partial charge on any atom is -0.276 e. The van der Waals surface area contributed by atoms with Crippen LogP contribution in [0.15, 0.2) is 12.3 Å². The molecule has 0 fully saturated rings. The normalized spacial score (nSPS) is 10.5. The van der Waals surface area contributed by atoms with Gasteiger partial charge in [0.05, 0.1) is 5.56 Å². The first kappa shape index (κ1) is 10.8. The molecule has 1 aromatic rings. The van der Waals surface area contributed by atoms with Crippen molar-refractivity contribution in [1.82, 2.24) is 4.98 Å². The predicted molar refractivity (Wildman–Crippen MR) is 52.1 cm³/mol. The van der Waals surface area contributed by atoms with Crippen LogP contribution in [0.2, 0.25) is 0 Å². The monoisotopic (exact) mass is 317 g/mol. The summed E-state index contributed by atoms with van der Waals surface area (Å²) in [6.45, 7) is 0. The molecule has 0 atom stereocenters. The Hall–Kier alpha value is -0.300. The summed E-state index contributed by atoms with van der Waals surface area (Å²) >= 11 is 6.91. The summed E-state index contributed by atoms with van der Waals surface area (Å²) in [5, 5.41) is -0.778. The molecule has 0 aromatic carbocycles. The van der Waals surface area contributed by atoms with Crippen LogP contribution >= 0.6 is 34.2 Å². The minimum absolute atomic E-state index is 0.0140. The van der Waals surface area contributed by atoms with Crippen LogP contribution in [-0.2, 0) is 0 Å². The molecule has 0 aliphatic rings. The van der Waals surface area contributed by atoms with Crippen LogP contribution in [0.4, 0.5) is 8.78 Å². The van der Waals surface area contributed by atoms with E-state index in [1.807, 2.05) is 0 Å². The lowest BCUT2D eigenvalue weighted by atomic mass is 10.2. The molecule has 0 radical (unpaired) electrons. The highest BCUT2D eigenvalue weighted by Crippen LogP contribution is 2.21. The van der Waals surface area contributed by atoms with Gasteiger partial charge in [0.15, 0.2) is 0 Å². The van der Waals surface area contributed by atoms with E-state index in [9.17, 15) is 13.6 Å². The van der Waals surface area contributed by atoms with Gasteiger partial charge < -0.3 is 0 Å². The van der Waals surface area contributed by atoms with Gasteiger partial charge in [-0.1, -0.05) is 0 Å². The van der Waals surface area contributed by atoms with Crippen LogP contribution in [0.5, 0.6) is 0 Å². The molecule has 1 heterocycles. The molecule has 0 aliphatic heterocycles. The molecular formula is C7H3ClF2INO. The molecule has 13 heavy (non-hydrogen) atoms. The highest BCUT2D eigenvalue weighted by atomic mass is 127. The third-order valence-electron chi connectivity index (χ3n) is 1.32. The molecular weight excluding hydrogens is 314 g/mol. The van der Waals surface area contributed by atoms with E-state index in [0.29, 0.717) is 3.70 Å². The third-order valence-corrected chi connectivity index (χ3v) is 2.39. The molecule has 0 unspecified atom stereocenters. The Kier molecular flexibility index (Phi) is 3.55. The van der Waals surface area contributed by atoms with Gasteiger partial charge in [-0.05, 0) is 40.3 Å². The van der Waals surface area contributed by atoms with Gasteiger partial charge in [-0.2, -0.15) is 0 Å². The maximum absolute atomic E-state index is 12.1. The minimum atomic E-state index is -2.64. The average molecular weight is 317 g/mol. The Labute approximate surface area is 91.4 Å². The lowest BCUT2D eigenvalue weighted by Gasteiger charge is -2.01. The number of alkyl halides is 2. The van der Waals surface area contributed by atoms with Crippen molar-refractivity contribution in [2.45, 2.75) is 6.43 Å². The van der Waals surface area contributed by atoms with E-state index in [2.05, 4.69) is 4.98 Å². The van der Waals surface area contributed by atoms with Gasteiger partial charge in [0, 0.05) is 11.8 Å². The molecule has 0 saturated carbocycles. The van der Waals surface area contributed by atoms with Gasteiger partial charge in [0.25, 0.3) is 11.7 Å². The molecule has 0 bridgehead atoms. The zero-order valence-corrected chi connectivity index (χ0v) is 9.01. The molecule has 0 aliphatic carbocycles. The van der Waals surface area contributed by atoms with Crippen molar-refractivity contribution in [2.24, 2.45) is 0 Å². The number of pyridine rings is 1. The van der Waals surface area contributed by atoms with E-state index in [0.717, 1.165) is 12.3 Å². The van der Waals surface area contributed by atoms with Crippen LogP contribution in [0.3, 0.4) is 0 Å². The second kappa shape index (κ2) is 4.28. The van der Waals surface area contributed by atoms with Crippen LogP contribution in [0, 0.1) is 3.70 Å². The van der Waals surface area contributed by atoms with Gasteiger partial charge in [-0.15, -0.1) is 0 Å². The smallest absolute Gasteiger partial charge is 0.265 e. The third kappa shape index (κ3) is 2.57. The fourth-order valence-corrected chi connectivity index (χ4v) is 1.56. The summed E-state index contributed by atoms with van der Waals surface area (Å²) in [4.78, 5) is 14.3. The Morgan fingerprint density at radius 3 is 2.69 bits per heavy atom. The molecule has 0 spiro atoms. The van der Waals surface area contributed by atoms with Gasteiger partial charge in [0.2, 0.25) is 0 Å². The number of aromatic nitrogens is 1. The van der Waals surface area contributed by atoms with E-state index in [-0.39, 0.29) is 11.1 Å². The largest absolute Gasteiger partial charge is 0.276 e. The zero-order chi connectivity index (χ0) is 10.0. The van der Waals surface area contributed by atoms with E-state index in [4.69, 9.17) is 11.6 Å². The topological polar surface area (TPSA) is 30.0 Å². The Bertz CT molecular complexity index is 345. The fraction of sp³-hybridized carbons (Fsp3) is 0.143. The average Bonchev–Trinajstić information content (AvgIpc) is 2.04. The van der Waals surface area contributed by atoms with E-state index < -0.39 is 11.7 Å². The summed E-state index contributed by atoms with van der Waals surface area (Å²) in [5.74, 6) is 0. The SMILES string of the molecule is O=C(Cl)c1cc(C(F)F)cnc1I. The van der Waals surface area contributed by atoms with Crippen LogP contribution in [-0.4, -0.2) is 10.2 Å². The summed E-state index contributed by atoms with van der Waals surface area (Å²) in [6, 6.07) is 1.05. The van der Waals surface area contributed by atoms with Crippen LogP contribution in [0.25, 0.3) is 0 Å². The number of hydrogen-bond acceptors (Lipinski definition) is 2. The Balaban J connectivity index is 3.19. The molecule has 0 saturated heterocycles. The number of carbonyl (C=O) groups is 1. The zero-order valence-electron chi connectivity index (χ0n) is 6.10. The van der Waals surface area contributed by atoms with Crippen molar-refractivity contribution < 1.29 is 13.6 Å². The maximum atomic E-state index is 12.1. The van der Waals surface area contributed by atoms with E-state index in [1.165, 1.54) is 0 Å². The van der Waals surface area contributed by atoms with Gasteiger partial charge in [-0.25, -0.2) is 13.8 Å². The first-order valence-corrected chi connectivity index (χ1v) is 4.61. The van der Waals surface area contributed by atoms with Gasteiger partial charge in [-0.3, -0.25) is 4.79 Å². The first-order valence-electron chi connectivity index (χ1n) is 3.16. The Morgan fingerprint density at radius 2 is 2.23 bits per heavy atom. The predicted octanol–water partition coefficient (Wildman–Crippen LogP) is 3.00. The standard InChI is InChI=1S/C7H3ClF2INO/c8-5(13)4-1-3(6(9)10)2-12-7(4)11/h1-2,6H. The highest BCUT2D eigenvalue weighted by molar-refractivity contribution is 14.1. The summed E-state index contributed by atoms with van der Waals surface area (Å²) in [7, 11) is 0. The van der Waals surface area contributed by atoms with Gasteiger partial charge in [0.1, 0.15) is 3.70 Å². The van der Waals surface area contributed by atoms with Crippen molar-refractivity contribution in [3.8, 4) is 0 Å². The molecule has 0 amide bonds. The summed E-state index contributed by atoms with van der Waals surface area (Å²) in [5.41, 5.74) is -0.288. The first-order chi connectivity index (χ1) is 6.02. The Morgan fingerprint density at radius 1 is 1.62 bits per heavy atom. The lowest BCUT2D eigenvalue weighted by molar-refractivity contribution is 0.107. The molecule has 6 heteroatoms. The molecule has 1 aromatic heterocycles. The summed E-state index contributed by atoms with van der Waals surface area (Å²) < 4.78 is 24.6. The van der Waals surface area contributed by atoms with Crippen molar-refractivity contribution in [1.29, 1.82) is 0 Å². The van der Waals surface area contributed by atoms with Crippen molar-refractivity contribution in [2.75, 3.05) is 0 Å². The van der Waals surface area contributed by atoms with E-state index >= 15 is 0 Å². The maximum Gasteiger partial charge on any atom is 0.265 e.